The van der Waals surface area contributed by atoms with Crippen molar-refractivity contribution in [3.63, 3.8) is 0 Å². The number of Topliss-reactive ketones (excluding diaryl/α,β-unsaturated/α-hetero) is 1. The number of amides is 1. The highest BCUT2D eigenvalue weighted by molar-refractivity contribution is 5.98. The monoisotopic (exact) mass is 358 g/mol. The van der Waals surface area contributed by atoms with Crippen molar-refractivity contribution in [2.75, 3.05) is 26.2 Å². The second-order valence-electron chi connectivity index (χ2n) is 6.00. The highest BCUT2D eigenvalue weighted by Crippen LogP contribution is 2.20. The van der Waals surface area contributed by atoms with E-state index in [1.807, 2.05) is 59.5 Å². The van der Waals surface area contributed by atoms with Crippen LogP contribution in [0.15, 0.2) is 54.6 Å². The zero-order chi connectivity index (χ0) is 16.8. The van der Waals surface area contributed by atoms with Crippen molar-refractivity contribution in [3.8, 4) is 11.1 Å². The predicted octanol–water partition coefficient (Wildman–Crippen LogP) is 3.17. The van der Waals surface area contributed by atoms with E-state index < -0.39 is 0 Å². The van der Waals surface area contributed by atoms with Gasteiger partial charge in [0.1, 0.15) is 0 Å². The maximum Gasteiger partial charge on any atom is 0.223 e. The van der Waals surface area contributed by atoms with Crippen LogP contribution < -0.4 is 5.32 Å². The minimum Gasteiger partial charge on any atom is -0.340 e. The molecule has 1 aliphatic heterocycles. The first kappa shape index (κ1) is 19.2. The normalized spacial score (nSPS) is 13.8. The quantitative estimate of drug-likeness (QED) is 0.835. The molecule has 1 fully saturated rings. The molecule has 0 bridgehead atoms. The number of piperazine rings is 1. The number of rotatable bonds is 5. The average molecular weight is 359 g/mol. The lowest BCUT2D eigenvalue weighted by Gasteiger charge is -2.27. The van der Waals surface area contributed by atoms with Gasteiger partial charge in [-0.1, -0.05) is 54.6 Å². The summed E-state index contributed by atoms with van der Waals surface area (Å²) < 4.78 is 0. The summed E-state index contributed by atoms with van der Waals surface area (Å²) in [4.78, 5) is 26.3. The lowest BCUT2D eigenvalue weighted by atomic mass is 10.0. The molecular weight excluding hydrogens is 336 g/mol. The van der Waals surface area contributed by atoms with E-state index in [0.717, 1.165) is 37.3 Å². The Hall–Kier alpha value is -2.17. The van der Waals surface area contributed by atoms with Gasteiger partial charge < -0.3 is 10.2 Å². The summed E-state index contributed by atoms with van der Waals surface area (Å²) in [5, 5.41) is 3.22. The molecule has 0 aromatic heterocycles. The van der Waals surface area contributed by atoms with Gasteiger partial charge in [-0.3, -0.25) is 9.59 Å². The van der Waals surface area contributed by atoms with E-state index in [4.69, 9.17) is 0 Å². The summed E-state index contributed by atoms with van der Waals surface area (Å²) in [5.41, 5.74) is 2.89. The van der Waals surface area contributed by atoms with Crippen LogP contribution in [-0.2, 0) is 4.79 Å². The van der Waals surface area contributed by atoms with E-state index in [0.29, 0.717) is 12.0 Å². The molecule has 1 amide bonds. The molecule has 0 unspecified atom stereocenters. The topological polar surface area (TPSA) is 49.4 Å². The number of nitrogens with one attached hydrogen (secondary N) is 1. The Bertz CT molecular complexity index is 695. The van der Waals surface area contributed by atoms with Crippen molar-refractivity contribution in [2.45, 2.75) is 12.8 Å². The summed E-state index contributed by atoms with van der Waals surface area (Å²) in [6.07, 6.45) is 0.562. The molecule has 3 rings (SSSR count). The standard InChI is InChI=1S/C20H22N2O2.ClH/c23-19(10-11-20(24)22-14-12-21-13-15-22)18-8-6-17(7-9-18)16-4-2-1-3-5-16;/h1-9,21H,10-15H2;1H. The van der Waals surface area contributed by atoms with Crippen molar-refractivity contribution in [2.24, 2.45) is 0 Å². The number of hydrogen-bond acceptors (Lipinski definition) is 3. The molecule has 1 N–H and O–H groups in total. The van der Waals surface area contributed by atoms with Crippen molar-refractivity contribution >= 4 is 24.1 Å². The first-order valence-electron chi connectivity index (χ1n) is 8.41. The van der Waals surface area contributed by atoms with E-state index in [2.05, 4.69) is 5.32 Å². The fraction of sp³-hybridized carbons (Fsp3) is 0.300. The highest BCUT2D eigenvalue weighted by Gasteiger charge is 2.17. The maximum absolute atomic E-state index is 12.3. The van der Waals surface area contributed by atoms with Crippen LogP contribution in [0, 0.1) is 0 Å². The molecule has 0 saturated carbocycles. The van der Waals surface area contributed by atoms with Crippen LogP contribution in [-0.4, -0.2) is 42.8 Å². The molecule has 0 spiro atoms. The van der Waals surface area contributed by atoms with Crippen LogP contribution in [0.2, 0.25) is 0 Å². The molecule has 0 radical (unpaired) electrons. The Morgan fingerprint density at radius 2 is 1.44 bits per heavy atom. The minimum absolute atomic E-state index is 0. The summed E-state index contributed by atoms with van der Waals surface area (Å²) >= 11 is 0. The number of carbonyl (C=O) groups excluding carboxylic acids is 2. The molecule has 132 valence electrons. The van der Waals surface area contributed by atoms with Gasteiger partial charge in [-0.15, -0.1) is 12.4 Å². The van der Waals surface area contributed by atoms with E-state index in [1.165, 1.54) is 0 Å². The first-order chi connectivity index (χ1) is 11.7. The van der Waals surface area contributed by atoms with Crippen LogP contribution in [0.4, 0.5) is 0 Å². The molecule has 25 heavy (non-hydrogen) atoms. The van der Waals surface area contributed by atoms with E-state index >= 15 is 0 Å². The molecule has 1 heterocycles. The van der Waals surface area contributed by atoms with E-state index in [-0.39, 0.29) is 30.5 Å². The highest BCUT2D eigenvalue weighted by atomic mass is 35.5. The maximum atomic E-state index is 12.3. The Labute approximate surface area is 154 Å². The zero-order valence-corrected chi connectivity index (χ0v) is 14.9. The Morgan fingerprint density at radius 1 is 0.840 bits per heavy atom. The summed E-state index contributed by atoms with van der Waals surface area (Å²) in [6.45, 7) is 3.14. The lowest BCUT2D eigenvalue weighted by molar-refractivity contribution is -0.131. The number of halogens is 1. The fourth-order valence-electron chi connectivity index (χ4n) is 2.92. The largest absolute Gasteiger partial charge is 0.340 e. The van der Waals surface area contributed by atoms with Crippen molar-refractivity contribution in [3.05, 3.63) is 60.2 Å². The summed E-state index contributed by atoms with van der Waals surface area (Å²) in [6, 6.07) is 17.7. The molecule has 2 aromatic carbocycles. The summed E-state index contributed by atoms with van der Waals surface area (Å²) in [5.74, 6) is 0.101. The van der Waals surface area contributed by atoms with Crippen LogP contribution >= 0.6 is 12.4 Å². The predicted molar refractivity (Wildman–Crippen MR) is 102 cm³/mol. The van der Waals surface area contributed by atoms with Gasteiger partial charge in [0.05, 0.1) is 0 Å². The molecule has 5 heteroatoms. The molecule has 2 aromatic rings. The zero-order valence-electron chi connectivity index (χ0n) is 14.1. The van der Waals surface area contributed by atoms with Crippen LogP contribution in [0.3, 0.4) is 0 Å². The van der Waals surface area contributed by atoms with Gasteiger partial charge in [0, 0.05) is 44.6 Å². The van der Waals surface area contributed by atoms with Gasteiger partial charge in [0.25, 0.3) is 0 Å². The third kappa shape index (κ3) is 5.15. The van der Waals surface area contributed by atoms with Crippen molar-refractivity contribution in [1.29, 1.82) is 0 Å². The Balaban J connectivity index is 0.00000225. The van der Waals surface area contributed by atoms with Crippen LogP contribution in [0.5, 0.6) is 0 Å². The van der Waals surface area contributed by atoms with Gasteiger partial charge >= 0.3 is 0 Å². The molecule has 0 atom stereocenters. The van der Waals surface area contributed by atoms with Crippen LogP contribution in [0.25, 0.3) is 11.1 Å². The molecule has 0 aliphatic carbocycles. The van der Waals surface area contributed by atoms with Gasteiger partial charge in [-0.05, 0) is 11.1 Å². The third-order valence-corrected chi connectivity index (χ3v) is 4.35. The average Bonchev–Trinajstić information content (AvgIpc) is 2.67. The van der Waals surface area contributed by atoms with Crippen molar-refractivity contribution in [1.82, 2.24) is 10.2 Å². The molecule has 1 saturated heterocycles. The van der Waals surface area contributed by atoms with Gasteiger partial charge in [-0.2, -0.15) is 0 Å². The SMILES string of the molecule is Cl.O=C(CCC(=O)N1CCNCC1)c1ccc(-c2ccccc2)cc1. The first-order valence-corrected chi connectivity index (χ1v) is 8.41. The van der Waals surface area contributed by atoms with Gasteiger partial charge in [0.15, 0.2) is 5.78 Å². The second kappa shape index (κ2) is 9.35. The smallest absolute Gasteiger partial charge is 0.223 e. The van der Waals surface area contributed by atoms with Crippen LogP contribution in [0.1, 0.15) is 23.2 Å². The molecular formula is C20H23ClN2O2. The summed E-state index contributed by atoms with van der Waals surface area (Å²) in [7, 11) is 0. The number of nitrogens with zero attached hydrogens (tertiary/aromatic N) is 1. The number of hydrogen-bond donors (Lipinski definition) is 1. The number of ketones is 1. The van der Waals surface area contributed by atoms with Gasteiger partial charge in [0.2, 0.25) is 5.91 Å². The molecule has 4 nitrogen and oxygen atoms in total. The Kier molecular flexibility index (Phi) is 7.16. The second-order valence-corrected chi connectivity index (χ2v) is 6.00. The third-order valence-electron chi connectivity index (χ3n) is 4.35. The number of benzene rings is 2. The fourth-order valence-corrected chi connectivity index (χ4v) is 2.92. The number of carbonyl (C=O) groups is 2. The van der Waals surface area contributed by atoms with E-state index in [1.54, 1.807) is 0 Å². The van der Waals surface area contributed by atoms with Crippen molar-refractivity contribution < 1.29 is 9.59 Å². The minimum atomic E-state index is 0. The Morgan fingerprint density at radius 3 is 2.08 bits per heavy atom. The molecule has 1 aliphatic rings. The van der Waals surface area contributed by atoms with E-state index in [9.17, 15) is 9.59 Å². The lowest BCUT2D eigenvalue weighted by Crippen LogP contribution is -2.46. The van der Waals surface area contributed by atoms with Gasteiger partial charge in [-0.25, -0.2) is 0 Å².